The molecule has 0 bridgehead atoms. The molecule has 2 amide bonds. The number of carbonyl (C=O) groups is 1. The van der Waals surface area contributed by atoms with Gasteiger partial charge in [-0.15, -0.1) is 0 Å². The minimum absolute atomic E-state index is 0.0338. The van der Waals surface area contributed by atoms with Crippen molar-refractivity contribution in [1.29, 1.82) is 0 Å². The summed E-state index contributed by atoms with van der Waals surface area (Å²) in [4.78, 5) is 11.7. The van der Waals surface area contributed by atoms with Crippen LogP contribution >= 0.6 is 11.6 Å². The summed E-state index contributed by atoms with van der Waals surface area (Å²) in [5, 5.41) is 5.61. The van der Waals surface area contributed by atoms with Crippen LogP contribution in [-0.2, 0) is 14.8 Å². The van der Waals surface area contributed by atoms with Gasteiger partial charge in [0.2, 0.25) is 10.0 Å². The van der Waals surface area contributed by atoms with E-state index in [0.717, 1.165) is 0 Å². The first-order valence-electron chi connectivity index (χ1n) is 6.83. The normalized spacial score (nSPS) is 16.2. The van der Waals surface area contributed by atoms with E-state index < -0.39 is 16.1 Å². The van der Waals surface area contributed by atoms with E-state index in [9.17, 15) is 13.2 Å². The summed E-state index contributed by atoms with van der Waals surface area (Å²) in [5.74, 6) is -0.143. The molecule has 0 unspecified atom stereocenters. The number of rotatable bonds is 5. The van der Waals surface area contributed by atoms with E-state index in [1.165, 1.54) is 4.31 Å². The van der Waals surface area contributed by atoms with Crippen LogP contribution in [0.4, 0.5) is 10.5 Å². The highest BCUT2D eigenvalue weighted by atomic mass is 35.5. The molecule has 0 atom stereocenters. The van der Waals surface area contributed by atoms with Gasteiger partial charge in [-0.1, -0.05) is 17.7 Å². The fraction of sp³-hybridized carbons (Fsp3) is 0.462. The number of hydrogen-bond acceptors (Lipinski definition) is 4. The Kier molecular flexibility index (Phi) is 6.01. The molecular formula is C13H18ClN3O4S. The Morgan fingerprint density at radius 2 is 2.05 bits per heavy atom. The predicted molar refractivity (Wildman–Crippen MR) is 84.7 cm³/mol. The number of nitrogens with zero attached hydrogens (tertiary/aromatic N) is 1. The Hall–Kier alpha value is -1.35. The maximum atomic E-state index is 12.1. The zero-order valence-corrected chi connectivity index (χ0v) is 13.5. The van der Waals surface area contributed by atoms with Crippen molar-refractivity contribution in [2.45, 2.75) is 0 Å². The van der Waals surface area contributed by atoms with Crippen molar-refractivity contribution in [3.63, 3.8) is 0 Å². The van der Waals surface area contributed by atoms with Gasteiger partial charge in [-0.25, -0.2) is 13.2 Å². The summed E-state index contributed by atoms with van der Waals surface area (Å²) >= 11 is 5.81. The lowest BCUT2D eigenvalue weighted by molar-refractivity contribution is 0.0730. The van der Waals surface area contributed by atoms with Crippen molar-refractivity contribution < 1.29 is 17.9 Å². The van der Waals surface area contributed by atoms with Crippen LogP contribution in [0.3, 0.4) is 0 Å². The fourth-order valence-electron chi connectivity index (χ4n) is 1.99. The van der Waals surface area contributed by atoms with Gasteiger partial charge in [0.25, 0.3) is 0 Å². The summed E-state index contributed by atoms with van der Waals surface area (Å²) in [6, 6.07) is 6.22. The van der Waals surface area contributed by atoms with Crippen LogP contribution in [0.15, 0.2) is 24.3 Å². The summed E-state index contributed by atoms with van der Waals surface area (Å²) in [6.45, 7) is 1.56. The lowest BCUT2D eigenvalue weighted by atomic mass is 10.3. The number of urea groups is 1. The lowest BCUT2D eigenvalue weighted by Gasteiger charge is -2.26. The maximum absolute atomic E-state index is 12.1. The van der Waals surface area contributed by atoms with Crippen LogP contribution in [0.2, 0.25) is 5.02 Å². The standard InChI is InChI=1S/C13H18ClN3O4S/c14-11-2-1-3-12(10-11)16-13(18)15-4-9-22(19,20)17-5-7-21-8-6-17/h1-3,10H,4-9H2,(H2,15,16,18). The molecule has 22 heavy (non-hydrogen) atoms. The molecule has 1 aliphatic heterocycles. The van der Waals surface area contributed by atoms with Crippen molar-refractivity contribution in [2.24, 2.45) is 0 Å². The molecule has 2 rings (SSSR count). The number of nitrogens with one attached hydrogen (secondary N) is 2. The van der Waals surface area contributed by atoms with Crippen LogP contribution in [0.1, 0.15) is 0 Å². The van der Waals surface area contributed by atoms with E-state index in [-0.39, 0.29) is 12.3 Å². The molecule has 1 saturated heterocycles. The Morgan fingerprint density at radius 1 is 1.32 bits per heavy atom. The molecular weight excluding hydrogens is 330 g/mol. The number of amides is 2. The highest BCUT2D eigenvalue weighted by Crippen LogP contribution is 2.14. The van der Waals surface area contributed by atoms with Gasteiger partial charge in [0, 0.05) is 30.3 Å². The van der Waals surface area contributed by atoms with Gasteiger partial charge in [-0.2, -0.15) is 4.31 Å². The third-order valence-electron chi connectivity index (χ3n) is 3.09. The van der Waals surface area contributed by atoms with Crippen molar-refractivity contribution >= 4 is 33.3 Å². The first-order valence-corrected chi connectivity index (χ1v) is 8.82. The molecule has 2 N–H and O–H groups in total. The molecule has 9 heteroatoms. The Balaban J connectivity index is 1.76. The monoisotopic (exact) mass is 347 g/mol. The van der Waals surface area contributed by atoms with Crippen LogP contribution in [-0.4, -0.2) is 57.4 Å². The number of halogens is 1. The maximum Gasteiger partial charge on any atom is 0.319 e. The molecule has 1 fully saturated rings. The highest BCUT2D eigenvalue weighted by Gasteiger charge is 2.23. The van der Waals surface area contributed by atoms with E-state index in [0.29, 0.717) is 37.0 Å². The van der Waals surface area contributed by atoms with E-state index in [4.69, 9.17) is 16.3 Å². The molecule has 0 aromatic heterocycles. The molecule has 7 nitrogen and oxygen atoms in total. The van der Waals surface area contributed by atoms with Crippen LogP contribution < -0.4 is 10.6 Å². The van der Waals surface area contributed by atoms with Crippen LogP contribution in [0, 0.1) is 0 Å². The number of sulfonamides is 1. The molecule has 0 radical (unpaired) electrons. The third-order valence-corrected chi connectivity index (χ3v) is 5.20. The minimum Gasteiger partial charge on any atom is -0.379 e. The van der Waals surface area contributed by atoms with Crippen molar-refractivity contribution in [2.75, 3.05) is 43.9 Å². The summed E-state index contributed by atoms with van der Waals surface area (Å²) in [5.41, 5.74) is 0.543. The minimum atomic E-state index is -3.37. The Bertz CT molecular complexity index is 617. The van der Waals surface area contributed by atoms with Crippen molar-refractivity contribution in [3.8, 4) is 0 Å². The largest absolute Gasteiger partial charge is 0.379 e. The number of anilines is 1. The Labute approximate surface area is 134 Å². The van der Waals surface area contributed by atoms with Gasteiger partial charge < -0.3 is 15.4 Å². The van der Waals surface area contributed by atoms with Gasteiger partial charge >= 0.3 is 6.03 Å². The summed E-state index contributed by atoms with van der Waals surface area (Å²) in [7, 11) is -3.37. The molecule has 0 saturated carbocycles. The number of benzene rings is 1. The quantitative estimate of drug-likeness (QED) is 0.835. The van der Waals surface area contributed by atoms with Crippen molar-refractivity contribution in [3.05, 3.63) is 29.3 Å². The second-order valence-corrected chi connectivity index (χ2v) is 7.24. The topological polar surface area (TPSA) is 87.7 Å². The Morgan fingerprint density at radius 3 is 2.73 bits per heavy atom. The fourth-order valence-corrected chi connectivity index (χ4v) is 3.50. The molecule has 0 aliphatic carbocycles. The van der Waals surface area contributed by atoms with Crippen LogP contribution in [0.5, 0.6) is 0 Å². The molecule has 1 aliphatic rings. The molecule has 0 spiro atoms. The van der Waals surface area contributed by atoms with E-state index in [1.807, 2.05) is 0 Å². The SMILES string of the molecule is O=C(NCCS(=O)(=O)N1CCOCC1)Nc1cccc(Cl)c1. The summed E-state index contributed by atoms with van der Waals surface area (Å²) < 4.78 is 30.6. The van der Waals surface area contributed by atoms with Crippen LogP contribution in [0.25, 0.3) is 0 Å². The van der Waals surface area contributed by atoms with E-state index >= 15 is 0 Å². The average molecular weight is 348 g/mol. The number of ether oxygens (including phenoxy) is 1. The third kappa shape index (κ3) is 5.13. The average Bonchev–Trinajstić information content (AvgIpc) is 2.48. The van der Waals surface area contributed by atoms with Gasteiger partial charge in [0.15, 0.2) is 0 Å². The predicted octanol–water partition coefficient (Wildman–Crippen LogP) is 1.12. The summed E-state index contributed by atoms with van der Waals surface area (Å²) in [6.07, 6.45) is 0. The van der Waals surface area contributed by atoms with Gasteiger partial charge in [0.1, 0.15) is 0 Å². The first-order chi connectivity index (χ1) is 10.5. The number of hydrogen-bond donors (Lipinski definition) is 2. The second kappa shape index (κ2) is 7.77. The first kappa shape index (κ1) is 17.0. The smallest absolute Gasteiger partial charge is 0.319 e. The second-order valence-electron chi connectivity index (χ2n) is 4.72. The van der Waals surface area contributed by atoms with Gasteiger partial charge in [-0.05, 0) is 18.2 Å². The lowest BCUT2D eigenvalue weighted by Crippen LogP contribution is -2.44. The molecule has 1 aromatic carbocycles. The van der Waals surface area contributed by atoms with Crippen molar-refractivity contribution in [1.82, 2.24) is 9.62 Å². The van der Waals surface area contributed by atoms with E-state index in [2.05, 4.69) is 10.6 Å². The molecule has 1 aromatic rings. The molecule has 122 valence electrons. The number of carbonyl (C=O) groups excluding carboxylic acids is 1. The zero-order valence-electron chi connectivity index (χ0n) is 11.9. The van der Waals surface area contributed by atoms with Gasteiger partial charge in [0.05, 0.1) is 19.0 Å². The molecule has 1 heterocycles. The van der Waals surface area contributed by atoms with E-state index in [1.54, 1.807) is 24.3 Å². The van der Waals surface area contributed by atoms with Gasteiger partial charge in [-0.3, -0.25) is 0 Å². The highest BCUT2D eigenvalue weighted by molar-refractivity contribution is 7.89. The zero-order chi connectivity index (χ0) is 16.0. The number of morpholine rings is 1.